The third kappa shape index (κ3) is 3.27. The van der Waals surface area contributed by atoms with Crippen molar-refractivity contribution in [3.8, 4) is 0 Å². The van der Waals surface area contributed by atoms with Gasteiger partial charge >= 0.3 is 0 Å². The predicted octanol–water partition coefficient (Wildman–Crippen LogP) is 2.25. The number of rotatable bonds is 2. The van der Waals surface area contributed by atoms with Crippen molar-refractivity contribution >= 4 is 28.3 Å². The van der Waals surface area contributed by atoms with Gasteiger partial charge in [-0.3, -0.25) is 0 Å². The molecule has 0 saturated heterocycles. The summed E-state index contributed by atoms with van der Waals surface area (Å²) in [6, 6.07) is 7.32. The molecule has 0 spiro atoms. The van der Waals surface area contributed by atoms with Crippen molar-refractivity contribution in [3.05, 3.63) is 34.3 Å². The van der Waals surface area contributed by atoms with Gasteiger partial charge in [-0.2, -0.15) is 0 Å². The zero-order valence-electron chi connectivity index (χ0n) is 7.27. The highest BCUT2D eigenvalue weighted by atomic mass is 79.9. The molecule has 2 atom stereocenters. The summed E-state index contributed by atoms with van der Waals surface area (Å²) in [4.78, 5) is 0. The largest absolute Gasteiger partial charge is 0.391 e. The first-order valence-electron chi connectivity index (χ1n) is 3.81. The van der Waals surface area contributed by atoms with Gasteiger partial charge in [0.25, 0.3) is 0 Å². The van der Waals surface area contributed by atoms with E-state index in [1.807, 2.05) is 24.3 Å². The van der Waals surface area contributed by atoms with E-state index in [2.05, 4.69) is 15.9 Å². The number of nitrogens with two attached hydrogens (primary N) is 1. The van der Waals surface area contributed by atoms with Gasteiger partial charge in [0.1, 0.15) is 0 Å². The van der Waals surface area contributed by atoms with Gasteiger partial charge in [0.05, 0.1) is 12.1 Å². The first kappa shape index (κ1) is 12.9. The normalized spacial score (nSPS) is 14.5. The summed E-state index contributed by atoms with van der Waals surface area (Å²) in [5, 5.41) is 9.25. The molecule has 2 nitrogen and oxygen atoms in total. The van der Waals surface area contributed by atoms with Crippen LogP contribution in [0.2, 0.25) is 0 Å². The van der Waals surface area contributed by atoms with Gasteiger partial charge in [-0.15, -0.1) is 12.4 Å². The molecule has 0 heterocycles. The molecule has 0 bridgehead atoms. The molecule has 0 aromatic heterocycles. The average Bonchev–Trinajstić information content (AvgIpc) is 2.04. The Morgan fingerprint density at radius 3 is 2.38 bits per heavy atom. The van der Waals surface area contributed by atoms with Gasteiger partial charge in [-0.05, 0) is 18.6 Å². The first-order valence-corrected chi connectivity index (χ1v) is 4.60. The van der Waals surface area contributed by atoms with E-state index in [0.717, 1.165) is 10.0 Å². The van der Waals surface area contributed by atoms with Crippen molar-refractivity contribution in [3.63, 3.8) is 0 Å². The van der Waals surface area contributed by atoms with Crippen LogP contribution in [0.1, 0.15) is 18.5 Å². The van der Waals surface area contributed by atoms with Crippen molar-refractivity contribution < 1.29 is 5.11 Å². The Hall–Kier alpha value is -0.0900. The molecule has 0 saturated carbocycles. The van der Waals surface area contributed by atoms with Gasteiger partial charge in [0.15, 0.2) is 0 Å². The summed E-state index contributed by atoms with van der Waals surface area (Å²) in [5.74, 6) is 0. The highest BCUT2D eigenvalue weighted by molar-refractivity contribution is 9.10. The molecule has 0 aliphatic carbocycles. The van der Waals surface area contributed by atoms with E-state index >= 15 is 0 Å². The van der Waals surface area contributed by atoms with Crippen LogP contribution in [0.15, 0.2) is 28.7 Å². The van der Waals surface area contributed by atoms with Gasteiger partial charge in [0, 0.05) is 4.47 Å². The molecule has 0 aliphatic heterocycles. The number of aliphatic hydroxyl groups excluding tert-OH is 1. The minimum absolute atomic E-state index is 0. The van der Waals surface area contributed by atoms with E-state index in [9.17, 15) is 5.11 Å². The Balaban J connectivity index is 0.00000144. The zero-order chi connectivity index (χ0) is 9.14. The van der Waals surface area contributed by atoms with E-state index in [1.54, 1.807) is 6.92 Å². The minimum atomic E-state index is -0.524. The van der Waals surface area contributed by atoms with Gasteiger partial charge in [0.2, 0.25) is 0 Å². The van der Waals surface area contributed by atoms with E-state index in [-0.39, 0.29) is 18.4 Å². The van der Waals surface area contributed by atoms with Gasteiger partial charge in [-0.25, -0.2) is 0 Å². The molecule has 1 aromatic carbocycles. The van der Waals surface area contributed by atoms with Crippen LogP contribution in [-0.2, 0) is 0 Å². The number of halogens is 2. The molecule has 3 N–H and O–H groups in total. The minimum Gasteiger partial charge on any atom is -0.391 e. The Morgan fingerprint density at radius 1 is 1.38 bits per heavy atom. The monoisotopic (exact) mass is 265 g/mol. The van der Waals surface area contributed by atoms with Gasteiger partial charge < -0.3 is 10.8 Å². The smallest absolute Gasteiger partial charge is 0.0705 e. The molecule has 0 aliphatic rings. The van der Waals surface area contributed by atoms with Crippen LogP contribution in [0.25, 0.3) is 0 Å². The van der Waals surface area contributed by atoms with Crippen LogP contribution in [0, 0.1) is 0 Å². The molecule has 13 heavy (non-hydrogen) atoms. The Morgan fingerprint density at radius 2 is 1.92 bits per heavy atom. The molecule has 1 aromatic rings. The molecule has 74 valence electrons. The van der Waals surface area contributed by atoms with Crippen molar-refractivity contribution in [1.82, 2.24) is 0 Å². The fourth-order valence-electron chi connectivity index (χ4n) is 1.01. The fourth-order valence-corrected chi connectivity index (χ4v) is 1.55. The molecular formula is C9H13BrClNO. The quantitative estimate of drug-likeness (QED) is 0.862. The predicted molar refractivity (Wildman–Crippen MR) is 60.0 cm³/mol. The van der Waals surface area contributed by atoms with Crippen molar-refractivity contribution in [2.45, 2.75) is 19.1 Å². The molecular weight excluding hydrogens is 253 g/mol. The lowest BCUT2D eigenvalue weighted by Gasteiger charge is -2.16. The highest BCUT2D eigenvalue weighted by Gasteiger charge is 2.13. The van der Waals surface area contributed by atoms with Crippen molar-refractivity contribution in [2.24, 2.45) is 5.73 Å². The van der Waals surface area contributed by atoms with Crippen LogP contribution in [0.3, 0.4) is 0 Å². The van der Waals surface area contributed by atoms with Crippen LogP contribution < -0.4 is 5.73 Å². The second-order valence-corrected chi connectivity index (χ2v) is 3.64. The summed E-state index contributed by atoms with van der Waals surface area (Å²) >= 11 is 3.37. The summed E-state index contributed by atoms with van der Waals surface area (Å²) < 4.78 is 0.943. The van der Waals surface area contributed by atoms with Crippen molar-refractivity contribution in [1.29, 1.82) is 0 Å². The fraction of sp³-hybridized carbons (Fsp3) is 0.333. The molecule has 1 rings (SSSR count). The maximum Gasteiger partial charge on any atom is 0.0705 e. The highest BCUT2D eigenvalue weighted by Crippen LogP contribution is 2.23. The average molecular weight is 267 g/mol. The SMILES string of the molecule is C[C@H](O)[C@H](N)c1ccccc1Br.Cl. The second-order valence-electron chi connectivity index (χ2n) is 2.79. The standard InChI is InChI=1S/C9H12BrNO.ClH/c1-6(12)9(11)7-4-2-3-5-8(7)10;/h2-6,9,12H,11H2,1H3;1H/t6-,9-;/m0./s1. The van der Waals surface area contributed by atoms with E-state index < -0.39 is 6.10 Å². The maximum atomic E-state index is 9.25. The third-order valence-electron chi connectivity index (χ3n) is 1.78. The zero-order valence-corrected chi connectivity index (χ0v) is 9.68. The van der Waals surface area contributed by atoms with E-state index in [4.69, 9.17) is 5.73 Å². The summed E-state index contributed by atoms with van der Waals surface area (Å²) in [6.45, 7) is 1.68. The van der Waals surface area contributed by atoms with E-state index in [1.165, 1.54) is 0 Å². The number of aliphatic hydroxyl groups is 1. The lowest BCUT2D eigenvalue weighted by Crippen LogP contribution is -2.23. The lowest BCUT2D eigenvalue weighted by atomic mass is 10.0. The van der Waals surface area contributed by atoms with Crippen LogP contribution in [0.5, 0.6) is 0 Å². The molecule has 0 unspecified atom stereocenters. The van der Waals surface area contributed by atoms with Crippen LogP contribution in [-0.4, -0.2) is 11.2 Å². The third-order valence-corrected chi connectivity index (χ3v) is 2.51. The number of hydrogen-bond acceptors (Lipinski definition) is 2. The molecule has 0 amide bonds. The summed E-state index contributed by atoms with van der Waals surface area (Å²) in [7, 11) is 0. The van der Waals surface area contributed by atoms with E-state index in [0.29, 0.717) is 0 Å². The molecule has 4 heteroatoms. The van der Waals surface area contributed by atoms with Gasteiger partial charge in [-0.1, -0.05) is 34.1 Å². The maximum absolute atomic E-state index is 9.25. The Kier molecular flexibility index (Phi) is 5.56. The number of benzene rings is 1. The number of hydrogen-bond donors (Lipinski definition) is 2. The molecule has 0 fully saturated rings. The first-order chi connectivity index (χ1) is 5.63. The van der Waals surface area contributed by atoms with Crippen molar-refractivity contribution in [2.75, 3.05) is 0 Å². The summed E-state index contributed by atoms with van der Waals surface area (Å²) in [6.07, 6.45) is -0.524. The summed E-state index contributed by atoms with van der Waals surface area (Å²) in [5.41, 5.74) is 6.70. The lowest BCUT2D eigenvalue weighted by molar-refractivity contribution is 0.164. The van der Waals surface area contributed by atoms with Crippen LogP contribution >= 0.6 is 28.3 Å². The Labute approximate surface area is 92.7 Å². The Bertz CT molecular complexity index is 268. The second kappa shape index (κ2) is 5.60. The molecule has 0 radical (unpaired) electrons. The topological polar surface area (TPSA) is 46.2 Å². The van der Waals surface area contributed by atoms with Crippen LogP contribution in [0.4, 0.5) is 0 Å².